The van der Waals surface area contributed by atoms with Gasteiger partial charge in [0.15, 0.2) is 0 Å². The first kappa shape index (κ1) is 17.2. The van der Waals surface area contributed by atoms with Crippen molar-refractivity contribution in [3.8, 4) is 0 Å². The third-order valence-electron chi connectivity index (χ3n) is 2.97. The number of carbonyl (C=O) groups excluding carboxylic acids is 3. The molecule has 1 aromatic rings. The highest BCUT2D eigenvalue weighted by Crippen LogP contribution is 2.31. The van der Waals surface area contributed by atoms with Gasteiger partial charge in [0.25, 0.3) is 11.1 Å². The molecular weight excluding hydrogens is 323 g/mol. The van der Waals surface area contributed by atoms with E-state index in [4.69, 9.17) is 4.74 Å². The van der Waals surface area contributed by atoms with Crippen LogP contribution in [0.15, 0.2) is 29.2 Å². The van der Waals surface area contributed by atoms with Crippen molar-refractivity contribution in [2.75, 3.05) is 26.8 Å². The summed E-state index contributed by atoms with van der Waals surface area (Å²) in [5, 5.41) is 2.03. The minimum atomic E-state index is -0.536. The lowest BCUT2D eigenvalue weighted by atomic mass is 10.2. The lowest BCUT2D eigenvalue weighted by Crippen LogP contribution is -2.40. The quantitative estimate of drug-likeness (QED) is 0.630. The standard InChI is InChI=1S/C15H15FN2O4S/c1-22-7-6-17-13(19)9-18-14(20)12(23-15(18)21)8-10-2-4-11(16)5-3-10/h2-5,8H,6-7,9H2,1H3,(H,17,19)/b12-8-. The third-order valence-corrected chi connectivity index (χ3v) is 3.88. The molecule has 0 atom stereocenters. The monoisotopic (exact) mass is 338 g/mol. The molecule has 1 aromatic carbocycles. The van der Waals surface area contributed by atoms with Gasteiger partial charge in [-0.15, -0.1) is 0 Å². The van der Waals surface area contributed by atoms with Crippen LogP contribution in [0.4, 0.5) is 9.18 Å². The van der Waals surface area contributed by atoms with Crippen molar-refractivity contribution >= 4 is 34.9 Å². The zero-order chi connectivity index (χ0) is 16.8. The fourth-order valence-corrected chi connectivity index (χ4v) is 2.68. The predicted octanol–water partition coefficient (Wildman–Crippen LogP) is 1.62. The Balaban J connectivity index is 2.02. The van der Waals surface area contributed by atoms with Gasteiger partial charge in [-0.05, 0) is 35.5 Å². The van der Waals surface area contributed by atoms with E-state index in [9.17, 15) is 18.8 Å². The van der Waals surface area contributed by atoms with E-state index in [1.165, 1.54) is 37.5 Å². The number of imide groups is 1. The van der Waals surface area contributed by atoms with Gasteiger partial charge < -0.3 is 10.1 Å². The largest absolute Gasteiger partial charge is 0.383 e. The average Bonchev–Trinajstić information content (AvgIpc) is 2.77. The predicted molar refractivity (Wildman–Crippen MR) is 84.0 cm³/mol. The molecule has 3 amide bonds. The molecule has 23 heavy (non-hydrogen) atoms. The minimum Gasteiger partial charge on any atom is -0.383 e. The third kappa shape index (κ3) is 4.64. The van der Waals surface area contributed by atoms with E-state index in [0.29, 0.717) is 18.7 Å². The van der Waals surface area contributed by atoms with Crippen molar-refractivity contribution < 1.29 is 23.5 Å². The number of ether oxygens (including phenoxy) is 1. The first-order valence-corrected chi connectivity index (χ1v) is 7.59. The van der Waals surface area contributed by atoms with Crippen molar-refractivity contribution in [3.05, 3.63) is 40.6 Å². The van der Waals surface area contributed by atoms with Gasteiger partial charge in [-0.2, -0.15) is 0 Å². The van der Waals surface area contributed by atoms with Crippen LogP contribution < -0.4 is 5.32 Å². The fourth-order valence-electron chi connectivity index (χ4n) is 1.84. The highest BCUT2D eigenvalue weighted by molar-refractivity contribution is 8.18. The second kappa shape index (κ2) is 7.89. The summed E-state index contributed by atoms with van der Waals surface area (Å²) in [4.78, 5) is 36.8. The molecule has 0 aliphatic carbocycles. The maximum absolute atomic E-state index is 12.9. The molecule has 0 unspecified atom stereocenters. The van der Waals surface area contributed by atoms with E-state index in [1.807, 2.05) is 0 Å². The molecule has 0 saturated carbocycles. The number of amides is 3. The Hall–Kier alpha value is -2.19. The normalized spacial score (nSPS) is 16.3. The maximum atomic E-state index is 12.9. The van der Waals surface area contributed by atoms with Gasteiger partial charge in [0.2, 0.25) is 5.91 Å². The molecule has 1 aliphatic heterocycles. The van der Waals surface area contributed by atoms with Crippen molar-refractivity contribution in [2.24, 2.45) is 0 Å². The highest BCUT2D eigenvalue weighted by atomic mass is 32.2. The van der Waals surface area contributed by atoms with Gasteiger partial charge >= 0.3 is 0 Å². The van der Waals surface area contributed by atoms with Gasteiger partial charge in [-0.25, -0.2) is 4.39 Å². The van der Waals surface area contributed by atoms with Crippen LogP contribution in [0, 0.1) is 5.82 Å². The Bertz CT molecular complexity index is 645. The molecule has 2 rings (SSSR count). The topological polar surface area (TPSA) is 75.7 Å². The molecule has 1 saturated heterocycles. The number of halogens is 1. The van der Waals surface area contributed by atoms with Crippen molar-refractivity contribution in [1.82, 2.24) is 10.2 Å². The summed E-state index contributed by atoms with van der Waals surface area (Å²) in [5.41, 5.74) is 0.599. The lowest BCUT2D eigenvalue weighted by molar-refractivity contribution is -0.129. The number of nitrogens with one attached hydrogen (secondary N) is 1. The first-order valence-electron chi connectivity index (χ1n) is 6.78. The molecule has 6 nitrogen and oxygen atoms in total. The van der Waals surface area contributed by atoms with E-state index in [-0.39, 0.29) is 17.3 Å². The summed E-state index contributed by atoms with van der Waals surface area (Å²) in [7, 11) is 1.50. The highest BCUT2D eigenvalue weighted by Gasteiger charge is 2.36. The van der Waals surface area contributed by atoms with E-state index >= 15 is 0 Å². The first-order chi connectivity index (χ1) is 11.0. The Morgan fingerprint density at radius 1 is 1.35 bits per heavy atom. The van der Waals surface area contributed by atoms with Crippen LogP contribution in [0.2, 0.25) is 0 Å². The van der Waals surface area contributed by atoms with Crippen molar-refractivity contribution in [1.29, 1.82) is 0 Å². The molecule has 0 bridgehead atoms. The van der Waals surface area contributed by atoms with Gasteiger partial charge in [0.1, 0.15) is 12.4 Å². The summed E-state index contributed by atoms with van der Waals surface area (Å²) < 4.78 is 17.7. The van der Waals surface area contributed by atoms with E-state index in [2.05, 4.69) is 5.32 Å². The van der Waals surface area contributed by atoms with Crippen LogP contribution in [-0.4, -0.2) is 48.8 Å². The molecular formula is C15H15FN2O4S. The number of rotatable bonds is 6. The van der Waals surface area contributed by atoms with Crippen LogP contribution in [0.25, 0.3) is 6.08 Å². The molecule has 122 valence electrons. The van der Waals surface area contributed by atoms with Crippen LogP contribution >= 0.6 is 11.8 Å². The number of thioether (sulfide) groups is 1. The number of nitrogens with zero attached hydrogens (tertiary/aromatic N) is 1. The Labute approximate surface area is 136 Å². The second-order valence-corrected chi connectivity index (χ2v) is 5.66. The smallest absolute Gasteiger partial charge is 0.294 e. The Kier molecular flexibility index (Phi) is 5.89. The van der Waals surface area contributed by atoms with E-state index < -0.39 is 17.1 Å². The molecule has 0 radical (unpaired) electrons. The SMILES string of the molecule is COCCNC(=O)CN1C(=O)S/C(=C\c2ccc(F)cc2)C1=O. The fraction of sp³-hybridized carbons (Fsp3) is 0.267. The molecule has 0 spiro atoms. The average molecular weight is 338 g/mol. The van der Waals surface area contributed by atoms with Gasteiger partial charge in [0, 0.05) is 13.7 Å². The molecule has 8 heteroatoms. The van der Waals surface area contributed by atoms with Crippen LogP contribution in [0.1, 0.15) is 5.56 Å². The second-order valence-electron chi connectivity index (χ2n) is 4.66. The Morgan fingerprint density at radius 2 is 2.04 bits per heavy atom. The van der Waals surface area contributed by atoms with Crippen LogP contribution in [0.3, 0.4) is 0 Å². The van der Waals surface area contributed by atoms with Gasteiger partial charge in [-0.1, -0.05) is 12.1 Å². The zero-order valence-corrected chi connectivity index (χ0v) is 13.2. The van der Waals surface area contributed by atoms with Crippen LogP contribution in [0.5, 0.6) is 0 Å². The minimum absolute atomic E-state index is 0.200. The van der Waals surface area contributed by atoms with Crippen molar-refractivity contribution in [2.45, 2.75) is 0 Å². The summed E-state index contributed by atoms with van der Waals surface area (Å²) in [6, 6.07) is 5.53. The maximum Gasteiger partial charge on any atom is 0.294 e. The van der Waals surface area contributed by atoms with Crippen LogP contribution in [-0.2, 0) is 14.3 Å². The molecule has 1 N–H and O–H groups in total. The summed E-state index contributed by atoms with van der Waals surface area (Å²) >= 11 is 0.751. The number of hydrogen-bond donors (Lipinski definition) is 1. The summed E-state index contributed by atoms with van der Waals surface area (Å²) in [6.45, 7) is 0.310. The number of methoxy groups -OCH3 is 1. The molecule has 1 heterocycles. The number of carbonyl (C=O) groups is 3. The Morgan fingerprint density at radius 3 is 2.70 bits per heavy atom. The summed E-state index contributed by atoms with van der Waals surface area (Å²) in [6.07, 6.45) is 1.49. The van der Waals surface area contributed by atoms with Gasteiger partial charge in [0.05, 0.1) is 11.5 Å². The zero-order valence-electron chi connectivity index (χ0n) is 12.4. The molecule has 1 fully saturated rings. The summed E-state index contributed by atoms with van der Waals surface area (Å²) in [5.74, 6) is -1.36. The van der Waals surface area contributed by atoms with E-state index in [1.54, 1.807) is 0 Å². The molecule has 0 aromatic heterocycles. The van der Waals surface area contributed by atoms with E-state index in [0.717, 1.165) is 16.7 Å². The number of hydrogen-bond acceptors (Lipinski definition) is 5. The van der Waals surface area contributed by atoms with Crippen molar-refractivity contribution in [3.63, 3.8) is 0 Å². The van der Waals surface area contributed by atoms with Gasteiger partial charge in [-0.3, -0.25) is 19.3 Å². The lowest BCUT2D eigenvalue weighted by Gasteiger charge is -2.12. The number of benzene rings is 1. The molecule has 1 aliphatic rings.